The standard InChI is InChI=1S/C34H30IO2P/c35-38(29-20-10-3-11-21-29,30-22-12-4-13-23-30,31-24-14-5-15-25-31)26-32-36-33(27-16-6-1-7-17-27)34(37-32)28-18-8-2-9-19-28/h1-25,32-34H,26H2. The van der Waals surface area contributed by atoms with Crippen LogP contribution >= 0.6 is 26.3 Å². The molecule has 0 spiro atoms. The molecule has 1 aliphatic heterocycles. The Labute approximate surface area is 238 Å². The zero-order valence-corrected chi connectivity index (χ0v) is 24.1. The molecule has 1 saturated heterocycles. The fourth-order valence-electron chi connectivity index (χ4n) is 5.64. The number of hydrogen-bond acceptors (Lipinski definition) is 2. The van der Waals surface area contributed by atoms with Gasteiger partial charge in [-0.15, -0.1) is 0 Å². The zero-order chi connectivity index (χ0) is 25.9. The summed E-state index contributed by atoms with van der Waals surface area (Å²) >= 11 is 2.81. The second kappa shape index (κ2) is 10.7. The molecule has 0 saturated carbocycles. The molecule has 0 aliphatic carbocycles. The van der Waals surface area contributed by atoms with Gasteiger partial charge in [-0.1, -0.05) is 0 Å². The van der Waals surface area contributed by atoms with Crippen LogP contribution in [0.1, 0.15) is 23.3 Å². The van der Waals surface area contributed by atoms with Crippen LogP contribution in [0.3, 0.4) is 0 Å². The van der Waals surface area contributed by atoms with E-state index in [1.165, 1.54) is 15.9 Å². The first-order valence-electron chi connectivity index (χ1n) is 13.0. The third-order valence-corrected chi connectivity index (χ3v) is 18.8. The van der Waals surface area contributed by atoms with Gasteiger partial charge in [0.25, 0.3) is 0 Å². The van der Waals surface area contributed by atoms with Gasteiger partial charge >= 0.3 is 239 Å². The van der Waals surface area contributed by atoms with Crippen molar-refractivity contribution in [3.63, 3.8) is 0 Å². The molecule has 2 unspecified atom stereocenters. The Hall–Kier alpha value is -2.82. The molecule has 2 atom stereocenters. The summed E-state index contributed by atoms with van der Waals surface area (Å²) in [5.74, 6) is 0. The number of halogens is 1. The molecular weight excluding hydrogens is 598 g/mol. The summed E-state index contributed by atoms with van der Waals surface area (Å²) in [4.78, 5) is 0. The van der Waals surface area contributed by atoms with Gasteiger partial charge in [0.1, 0.15) is 0 Å². The predicted octanol–water partition coefficient (Wildman–Crippen LogP) is 7.72. The molecule has 190 valence electrons. The number of ether oxygens (including phenoxy) is 2. The van der Waals surface area contributed by atoms with E-state index in [9.17, 15) is 0 Å². The Morgan fingerprint density at radius 3 is 1.05 bits per heavy atom. The quantitative estimate of drug-likeness (QED) is 0.136. The zero-order valence-electron chi connectivity index (χ0n) is 21.0. The first-order chi connectivity index (χ1) is 18.7. The maximum absolute atomic E-state index is 6.91. The Morgan fingerprint density at radius 2 is 0.737 bits per heavy atom. The third kappa shape index (κ3) is 4.52. The number of hydrogen-bond donors (Lipinski definition) is 0. The number of rotatable bonds is 7. The van der Waals surface area contributed by atoms with E-state index >= 15 is 0 Å². The van der Waals surface area contributed by atoms with E-state index in [1.54, 1.807) is 0 Å². The average molecular weight is 628 g/mol. The van der Waals surface area contributed by atoms with Crippen LogP contribution in [0.15, 0.2) is 152 Å². The van der Waals surface area contributed by atoms with Crippen LogP contribution in [0.4, 0.5) is 0 Å². The van der Waals surface area contributed by atoms with Crippen molar-refractivity contribution in [3.8, 4) is 0 Å². The minimum atomic E-state index is -3.05. The van der Waals surface area contributed by atoms with Crippen LogP contribution in [0, 0.1) is 0 Å². The van der Waals surface area contributed by atoms with E-state index in [2.05, 4.69) is 162 Å². The summed E-state index contributed by atoms with van der Waals surface area (Å²) < 4.78 is 10.8. The second-order valence-corrected chi connectivity index (χ2v) is 20.4. The molecule has 2 nitrogen and oxygen atoms in total. The van der Waals surface area contributed by atoms with Crippen molar-refractivity contribution in [1.29, 1.82) is 0 Å². The molecule has 0 amide bonds. The summed E-state index contributed by atoms with van der Waals surface area (Å²) in [6.45, 7) is 0. The van der Waals surface area contributed by atoms with Gasteiger partial charge in [-0.2, -0.15) is 0 Å². The molecule has 4 heteroatoms. The normalized spacial score (nSPS) is 20.4. The first kappa shape index (κ1) is 25.5. The van der Waals surface area contributed by atoms with E-state index in [-0.39, 0.29) is 18.5 Å². The molecule has 1 fully saturated rings. The second-order valence-electron chi connectivity index (χ2n) is 9.74. The molecule has 0 aromatic heterocycles. The van der Waals surface area contributed by atoms with Crippen LogP contribution in [0.25, 0.3) is 0 Å². The Bertz CT molecular complexity index is 1320. The maximum atomic E-state index is 6.91. The molecule has 0 bridgehead atoms. The fourth-order valence-corrected chi connectivity index (χ4v) is 14.1. The van der Waals surface area contributed by atoms with Crippen molar-refractivity contribution in [2.45, 2.75) is 18.5 Å². The first-order valence-corrected chi connectivity index (χ1v) is 18.2. The average Bonchev–Trinajstić information content (AvgIpc) is 3.43. The van der Waals surface area contributed by atoms with Gasteiger partial charge in [0.05, 0.1) is 0 Å². The Kier molecular flexibility index (Phi) is 7.20. The summed E-state index contributed by atoms with van der Waals surface area (Å²) in [6, 6.07) is 53.8. The van der Waals surface area contributed by atoms with Crippen molar-refractivity contribution in [2.75, 3.05) is 6.16 Å². The molecule has 38 heavy (non-hydrogen) atoms. The van der Waals surface area contributed by atoms with Crippen LogP contribution in [-0.2, 0) is 9.47 Å². The van der Waals surface area contributed by atoms with Gasteiger partial charge in [-0.25, -0.2) is 0 Å². The Morgan fingerprint density at radius 1 is 0.447 bits per heavy atom. The van der Waals surface area contributed by atoms with Gasteiger partial charge in [0.15, 0.2) is 0 Å². The SMILES string of the molecule is IP(CC1OC(c2ccccc2)C(c2ccccc2)O1)(c1ccccc1)(c1ccccc1)c1ccccc1. The fraction of sp³-hybridized carbons (Fsp3) is 0.118. The van der Waals surface area contributed by atoms with Gasteiger partial charge in [-0.05, 0) is 0 Å². The van der Waals surface area contributed by atoms with Crippen molar-refractivity contribution in [2.24, 2.45) is 0 Å². The van der Waals surface area contributed by atoms with Crippen LogP contribution in [0.5, 0.6) is 0 Å². The van der Waals surface area contributed by atoms with Crippen molar-refractivity contribution in [1.82, 2.24) is 0 Å². The molecule has 0 N–H and O–H groups in total. The summed E-state index contributed by atoms with van der Waals surface area (Å²) in [7, 11) is 0. The third-order valence-electron chi connectivity index (χ3n) is 7.50. The topological polar surface area (TPSA) is 18.5 Å². The van der Waals surface area contributed by atoms with E-state index in [4.69, 9.17) is 9.47 Å². The van der Waals surface area contributed by atoms with E-state index in [1.807, 2.05) is 12.1 Å². The molecule has 0 radical (unpaired) electrons. The van der Waals surface area contributed by atoms with Crippen molar-refractivity contribution in [3.05, 3.63) is 163 Å². The van der Waals surface area contributed by atoms with E-state index in [0.29, 0.717) is 0 Å². The van der Waals surface area contributed by atoms with Gasteiger partial charge in [-0.3, -0.25) is 0 Å². The molecular formula is C34H30IO2P. The molecule has 5 aromatic rings. The summed E-state index contributed by atoms with van der Waals surface area (Å²) in [6.07, 6.45) is -0.0235. The van der Waals surface area contributed by atoms with Gasteiger partial charge < -0.3 is 0 Å². The van der Waals surface area contributed by atoms with Crippen LogP contribution < -0.4 is 15.9 Å². The van der Waals surface area contributed by atoms with Crippen molar-refractivity contribution < 1.29 is 9.47 Å². The minimum absolute atomic E-state index is 0.184. The number of benzene rings is 5. The molecule has 6 rings (SSSR count). The Balaban J connectivity index is 1.51. The van der Waals surface area contributed by atoms with Crippen LogP contribution in [-0.4, -0.2) is 12.5 Å². The summed E-state index contributed by atoms with van der Waals surface area (Å²) in [5.41, 5.74) is 2.27. The molecule has 5 aromatic carbocycles. The van der Waals surface area contributed by atoms with Gasteiger partial charge in [0.2, 0.25) is 0 Å². The van der Waals surface area contributed by atoms with Crippen molar-refractivity contribution >= 4 is 42.2 Å². The van der Waals surface area contributed by atoms with E-state index < -0.39 is 4.25 Å². The monoisotopic (exact) mass is 628 g/mol. The van der Waals surface area contributed by atoms with E-state index in [0.717, 1.165) is 17.3 Å². The molecule has 1 heterocycles. The molecule has 1 aliphatic rings. The van der Waals surface area contributed by atoms with Crippen LogP contribution in [0.2, 0.25) is 0 Å². The van der Waals surface area contributed by atoms with Gasteiger partial charge in [0, 0.05) is 0 Å². The predicted molar refractivity (Wildman–Crippen MR) is 168 cm³/mol. The summed E-state index contributed by atoms with van der Waals surface area (Å²) in [5, 5.41) is 3.97.